The van der Waals surface area contributed by atoms with Gasteiger partial charge in [-0.25, -0.2) is 0 Å². The summed E-state index contributed by atoms with van der Waals surface area (Å²) in [6.45, 7) is 6.31. The number of morpholine rings is 1. The maximum Gasteiger partial charge on any atom is 0.253 e. The number of ether oxygens (including phenoxy) is 1. The van der Waals surface area contributed by atoms with Crippen LogP contribution in [0.15, 0.2) is 30.5 Å². The van der Waals surface area contributed by atoms with Crippen LogP contribution in [0.4, 0.5) is 0 Å². The third-order valence-corrected chi connectivity index (χ3v) is 3.99. The maximum absolute atomic E-state index is 12.4. The van der Waals surface area contributed by atoms with Crippen LogP contribution >= 0.6 is 0 Å². The normalized spacial score (nSPS) is 19.8. The Bertz CT molecular complexity index is 623. The van der Waals surface area contributed by atoms with Gasteiger partial charge in [0.05, 0.1) is 23.8 Å². The fraction of sp³-hybridized carbons (Fsp3) is 0.438. The summed E-state index contributed by atoms with van der Waals surface area (Å²) in [6.07, 6.45) is 1.93. The molecule has 5 heteroatoms. The minimum Gasteiger partial charge on any atom is -0.374 e. The number of H-pyrrole nitrogens is 1. The number of hydrogen-bond donors (Lipinski definition) is 2. The van der Waals surface area contributed by atoms with Gasteiger partial charge in [-0.1, -0.05) is 19.1 Å². The number of nitrogens with zero attached hydrogens (tertiary/aromatic N) is 1. The Hall–Kier alpha value is -1.85. The number of fused-ring (bicyclic) bond motifs is 1. The van der Waals surface area contributed by atoms with Gasteiger partial charge in [0.1, 0.15) is 0 Å². The van der Waals surface area contributed by atoms with Crippen LogP contribution in [-0.2, 0) is 4.74 Å². The molecule has 1 fully saturated rings. The lowest BCUT2D eigenvalue weighted by Crippen LogP contribution is -2.47. The van der Waals surface area contributed by atoms with E-state index in [1.54, 1.807) is 0 Å². The number of hydrogen-bond acceptors (Lipinski definition) is 3. The van der Waals surface area contributed by atoms with Gasteiger partial charge in [-0.3, -0.25) is 9.69 Å². The first-order valence-corrected chi connectivity index (χ1v) is 7.46. The van der Waals surface area contributed by atoms with Crippen molar-refractivity contribution in [1.29, 1.82) is 0 Å². The van der Waals surface area contributed by atoms with Crippen LogP contribution in [0, 0.1) is 0 Å². The van der Waals surface area contributed by atoms with Crippen LogP contribution in [-0.4, -0.2) is 54.7 Å². The van der Waals surface area contributed by atoms with Gasteiger partial charge in [-0.2, -0.15) is 0 Å². The molecule has 1 saturated heterocycles. The van der Waals surface area contributed by atoms with Gasteiger partial charge in [-0.05, 0) is 18.7 Å². The first kappa shape index (κ1) is 14.1. The van der Waals surface area contributed by atoms with E-state index in [9.17, 15) is 4.79 Å². The third-order valence-electron chi connectivity index (χ3n) is 3.99. The predicted octanol–water partition coefficient (Wildman–Crippen LogP) is 1.62. The molecule has 1 aromatic carbocycles. The van der Waals surface area contributed by atoms with Crippen molar-refractivity contribution in [2.24, 2.45) is 0 Å². The number of likely N-dealkylation sites (N-methyl/N-ethyl adjacent to an activating group) is 1. The minimum atomic E-state index is -0.0553. The van der Waals surface area contributed by atoms with Crippen molar-refractivity contribution in [3.63, 3.8) is 0 Å². The second-order valence-corrected chi connectivity index (χ2v) is 5.34. The highest BCUT2D eigenvalue weighted by molar-refractivity contribution is 6.05. The number of amides is 1. The number of carbonyl (C=O) groups excluding carboxylic acids is 1. The lowest BCUT2D eigenvalue weighted by atomic mass is 10.1. The first-order chi connectivity index (χ1) is 10.3. The van der Waals surface area contributed by atoms with E-state index in [-0.39, 0.29) is 12.0 Å². The summed E-state index contributed by atoms with van der Waals surface area (Å²) in [5.74, 6) is -0.0553. The van der Waals surface area contributed by atoms with Gasteiger partial charge in [0, 0.05) is 31.2 Å². The van der Waals surface area contributed by atoms with E-state index in [4.69, 9.17) is 4.74 Å². The van der Waals surface area contributed by atoms with Crippen LogP contribution in [0.3, 0.4) is 0 Å². The zero-order valence-electron chi connectivity index (χ0n) is 12.3. The lowest BCUT2D eigenvalue weighted by Gasteiger charge is -2.32. The molecule has 1 aromatic heterocycles. The maximum atomic E-state index is 12.4. The van der Waals surface area contributed by atoms with Crippen molar-refractivity contribution >= 4 is 16.8 Å². The average molecular weight is 287 g/mol. The van der Waals surface area contributed by atoms with E-state index in [2.05, 4.69) is 22.1 Å². The summed E-state index contributed by atoms with van der Waals surface area (Å²) in [5.41, 5.74) is 1.57. The van der Waals surface area contributed by atoms with Crippen molar-refractivity contribution in [1.82, 2.24) is 15.2 Å². The molecule has 0 radical (unpaired) electrons. The molecule has 5 nitrogen and oxygen atoms in total. The van der Waals surface area contributed by atoms with Crippen molar-refractivity contribution < 1.29 is 9.53 Å². The molecule has 0 spiro atoms. The standard InChI is InChI=1S/C16H21N3O2/c1-2-19-8-9-21-13(11-19)10-18-16(20)14-5-3-4-12-6-7-17-15(12)14/h3-7,13,17H,2,8-11H2,1H3,(H,18,20). The van der Waals surface area contributed by atoms with E-state index in [1.165, 1.54) is 0 Å². The zero-order chi connectivity index (χ0) is 14.7. The van der Waals surface area contributed by atoms with E-state index in [0.29, 0.717) is 12.1 Å². The first-order valence-electron chi connectivity index (χ1n) is 7.46. The van der Waals surface area contributed by atoms with Crippen LogP contribution in [0.1, 0.15) is 17.3 Å². The largest absolute Gasteiger partial charge is 0.374 e. The number of aromatic nitrogens is 1. The number of rotatable bonds is 4. The zero-order valence-corrected chi connectivity index (χ0v) is 12.3. The van der Waals surface area contributed by atoms with Gasteiger partial charge in [-0.15, -0.1) is 0 Å². The molecule has 2 aromatic rings. The Morgan fingerprint density at radius 3 is 3.24 bits per heavy atom. The second kappa shape index (κ2) is 6.28. The van der Waals surface area contributed by atoms with Crippen molar-refractivity contribution in [3.8, 4) is 0 Å². The molecule has 2 heterocycles. The topological polar surface area (TPSA) is 57.4 Å². The van der Waals surface area contributed by atoms with Gasteiger partial charge in [0.15, 0.2) is 0 Å². The summed E-state index contributed by atoms with van der Waals surface area (Å²) in [5, 5.41) is 4.03. The van der Waals surface area contributed by atoms with E-state index in [1.807, 2.05) is 30.5 Å². The summed E-state index contributed by atoms with van der Waals surface area (Å²) in [4.78, 5) is 17.8. The average Bonchev–Trinajstić information content (AvgIpc) is 3.01. The van der Waals surface area contributed by atoms with Crippen molar-refractivity contribution in [3.05, 3.63) is 36.0 Å². The summed E-state index contributed by atoms with van der Waals surface area (Å²) < 4.78 is 5.70. The fourth-order valence-electron chi connectivity index (χ4n) is 2.77. The molecule has 1 aliphatic heterocycles. The fourth-order valence-corrected chi connectivity index (χ4v) is 2.77. The quantitative estimate of drug-likeness (QED) is 0.898. The summed E-state index contributed by atoms with van der Waals surface area (Å²) in [7, 11) is 0. The molecule has 1 atom stereocenters. The number of para-hydroxylation sites is 1. The van der Waals surface area contributed by atoms with Crippen LogP contribution in [0.25, 0.3) is 10.9 Å². The monoisotopic (exact) mass is 287 g/mol. The van der Waals surface area contributed by atoms with Crippen LogP contribution in [0.2, 0.25) is 0 Å². The molecular weight excluding hydrogens is 266 g/mol. The molecule has 1 amide bonds. The SMILES string of the molecule is CCN1CCOC(CNC(=O)c2cccc3cc[nH]c23)C1. The molecule has 21 heavy (non-hydrogen) atoms. The molecule has 3 rings (SSSR count). The summed E-state index contributed by atoms with van der Waals surface area (Å²) in [6, 6.07) is 7.71. The van der Waals surface area contributed by atoms with Gasteiger partial charge < -0.3 is 15.0 Å². The molecular formula is C16H21N3O2. The van der Waals surface area contributed by atoms with E-state index >= 15 is 0 Å². The molecule has 2 N–H and O–H groups in total. The number of benzene rings is 1. The predicted molar refractivity (Wildman–Crippen MR) is 82.5 cm³/mol. The molecule has 0 aliphatic carbocycles. The number of aromatic amines is 1. The minimum absolute atomic E-state index is 0.0553. The highest BCUT2D eigenvalue weighted by Gasteiger charge is 2.20. The second-order valence-electron chi connectivity index (χ2n) is 5.34. The van der Waals surface area contributed by atoms with Crippen LogP contribution < -0.4 is 5.32 Å². The molecule has 1 unspecified atom stereocenters. The summed E-state index contributed by atoms with van der Waals surface area (Å²) >= 11 is 0. The molecule has 0 bridgehead atoms. The molecule has 112 valence electrons. The Balaban J connectivity index is 1.63. The van der Waals surface area contributed by atoms with E-state index in [0.717, 1.165) is 37.1 Å². The highest BCUT2D eigenvalue weighted by atomic mass is 16.5. The molecule has 1 aliphatic rings. The Morgan fingerprint density at radius 2 is 2.38 bits per heavy atom. The van der Waals surface area contributed by atoms with Crippen molar-refractivity contribution in [2.75, 3.05) is 32.8 Å². The Labute approximate surface area is 124 Å². The lowest BCUT2D eigenvalue weighted by molar-refractivity contribution is -0.0246. The Morgan fingerprint density at radius 1 is 1.48 bits per heavy atom. The van der Waals surface area contributed by atoms with Crippen LogP contribution in [0.5, 0.6) is 0 Å². The van der Waals surface area contributed by atoms with Gasteiger partial charge >= 0.3 is 0 Å². The number of carbonyl (C=O) groups is 1. The van der Waals surface area contributed by atoms with E-state index < -0.39 is 0 Å². The smallest absolute Gasteiger partial charge is 0.253 e. The number of nitrogens with one attached hydrogen (secondary N) is 2. The third kappa shape index (κ3) is 3.09. The van der Waals surface area contributed by atoms with Gasteiger partial charge in [0.2, 0.25) is 0 Å². The van der Waals surface area contributed by atoms with Crippen molar-refractivity contribution in [2.45, 2.75) is 13.0 Å². The highest BCUT2D eigenvalue weighted by Crippen LogP contribution is 2.16. The molecule has 0 saturated carbocycles. The Kier molecular flexibility index (Phi) is 4.22. The van der Waals surface area contributed by atoms with Gasteiger partial charge in [0.25, 0.3) is 5.91 Å².